The molecule has 0 aliphatic carbocycles. The maximum Gasteiger partial charge on any atom is 0.222 e. The van der Waals surface area contributed by atoms with Gasteiger partial charge >= 0.3 is 0 Å². The number of nitrogen functional groups attached to an aromatic ring is 1. The monoisotopic (exact) mass is 268 g/mol. The molecular weight excluding hydrogens is 252 g/mol. The van der Waals surface area contributed by atoms with Crippen molar-refractivity contribution >= 4 is 22.7 Å². The van der Waals surface area contributed by atoms with E-state index in [1.54, 1.807) is 4.68 Å². The van der Waals surface area contributed by atoms with Crippen molar-refractivity contribution < 1.29 is 0 Å². The van der Waals surface area contributed by atoms with Gasteiger partial charge in [0.2, 0.25) is 5.95 Å². The van der Waals surface area contributed by atoms with Gasteiger partial charge in [0.25, 0.3) is 0 Å². The summed E-state index contributed by atoms with van der Waals surface area (Å²) in [6, 6.07) is 7.82. The number of nitrogens with two attached hydrogens (primary N) is 1. The molecule has 0 amide bonds. The normalized spacial score (nSPS) is 10.8. The highest BCUT2D eigenvalue weighted by atomic mass is 15.2. The second kappa shape index (κ2) is 5.16. The molecule has 0 aliphatic rings. The lowest BCUT2D eigenvalue weighted by atomic mass is 10.2. The topological polar surface area (TPSA) is 81.7 Å². The molecule has 0 saturated heterocycles. The number of anilines is 2. The zero-order valence-electron chi connectivity index (χ0n) is 11.2. The van der Waals surface area contributed by atoms with Crippen LogP contribution in [0.5, 0.6) is 0 Å². The predicted octanol–water partition coefficient (Wildman–Crippen LogP) is 1.60. The standard InChI is InChI=1S/C14H16N6/c1-20-9-10(8-17-20)6-7-16-13-11-4-2-3-5-12(11)18-14(15)19-13/h2-5,8-9H,6-7H2,1H3,(H3,15,16,18,19). The highest BCUT2D eigenvalue weighted by Gasteiger charge is 2.05. The molecule has 20 heavy (non-hydrogen) atoms. The zero-order chi connectivity index (χ0) is 13.9. The van der Waals surface area contributed by atoms with Crippen LogP contribution in [0.1, 0.15) is 5.56 Å². The fourth-order valence-electron chi connectivity index (χ4n) is 2.16. The first-order valence-electron chi connectivity index (χ1n) is 6.46. The fraction of sp³-hybridized carbons (Fsp3) is 0.214. The molecule has 0 atom stereocenters. The first-order chi connectivity index (χ1) is 9.72. The molecule has 0 saturated carbocycles. The molecule has 0 bridgehead atoms. The van der Waals surface area contributed by atoms with E-state index in [4.69, 9.17) is 5.73 Å². The van der Waals surface area contributed by atoms with Crippen LogP contribution >= 0.6 is 0 Å². The van der Waals surface area contributed by atoms with E-state index in [2.05, 4.69) is 20.4 Å². The van der Waals surface area contributed by atoms with Crippen molar-refractivity contribution in [2.24, 2.45) is 7.05 Å². The van der Waals surface area contributed by atoms with Crippen LogP contribution < -0.4 is 11.1 Å². The van der Waals surface area contributed by atoms with Gasteiger partial charge in [-0.1, -0.05) is 12.1 Å². The van der Waals surface area contributed by atoms with Gasteiger partial charge in [-0.15, -0.1) is 0 Å². The van der Waals surface area contributed by atoms with E-state index >= 15 is 0 Å². The molecule has 2 heterocycles. The second-order valence-corrected chi connectivity index (χ2v) is 4.65. The van der Waals surface area contributed by atoms with Crippen molar-refractivity contribution in [2.45, 2.75) is 6.42 Å². The number of aromatic nitrogens is 4. The lowest BCUT2D eigenvalue weighted by Crippen LogP contribution is -2.08. The lowest BCUT2D eigenvalue weighted by molar-refractivity contribution is 0.767. The summed E-state index contributed by atoms with van der Waals surface area (Å²) in [5.74, 6) is 1.06. The van der Waals surface area contributed by atoms with Gasteiger partial charge in [-0.3, -0.25) is 4.68 Å². The van der Waals surface area contributed by atoms with E-state index in [0.717, 1.165) is 29.7 Å². The summed E-state index contributed by atoms with van der Waals surface area (Å²) >= 11 is 0. The van der Waals surface area contributed by atoms with Crippen LogP contribution in [0.15, 0.2) is 36.7 Å². The van der Waals surface area contributed by atoms with Gasteiger partial charge in [-0.05, 0) is 24.1 Å². The molecule has 3 N–H and O–H groups in total. The highest BCUT2D eigenvalue weighted by Crippen LogP contribution is 2.20. The summed E-state index contributed by atoms with van der Waals surface area (Å²) in [5.41, 5.74) is 7.77. The third-order valence-corrected chi connectivity index (χ3v) is 3.08. The first kappa shape index (κ1) is 12.4. The van der Waals surface area contributed by atoms with Crippen molar-refractivity contribution in [1.29, 1.82) is 0 Å². The Kier molecular flexibility index (Phi) is 3.20. The quantitative estimate of drug-likeness (QED) is 0.751. The third kappa shape index (κ3) is 2.54. The molecule has 3 aromatic rings. The zero-order valence-corrected chi connectivity index (χ0v) is 11.2. The summed E-state index contributed by atoms with van der Waals surface area (Å²) < 4.78 is 1.80. The molecule has 0 radical (unpaired) electrons. The lowest BCUT2D eigenvalue weighted by Gasteiger charge is -2.08. The molecule has 2 aromatic heterocycles. The molecule has 102 valence electrons. The van der Waals surface area contributed by atoms with Crippen LogP contribution in [0.25, 0.3) is 10.9 Å². The van der Waals surface area contributed by atoms with Crippen LogP contribution in [0.3, 0.4) is 0 Å². The number of para-hydroxylation sites is 1. The smallest absolute Gasteiger partial charge is 0.222 e. The van der Waals surface area contributed by atoms with Gasteiger partial charge < -0.3 is 11.1 Å². The van der Waals surface area contributed by atoms with Crippen molar-refractivity contribution in [2.75, 3.05) is 17.6 Å². The van der Waals surface area contributed by atoms with E-state index in [1.807, 2.05) is 43.7 Å². The van der Waals surface area contributed by atoms with Gasteiger partial charge in [0.1, 0.15) is 5.82 Å². The Balaban J connectivity index is 1.77. The van der Waals surface area contributed by atoms with Crippen LogP contribution in [0.4, 0.5) is 11.8 Å². The molecular formula is C14H16N6. The summed E-state index contributed by atoms with van der Waals surface area (Å²) in [7, 11) is 1.91. The molecule has 3 rings (SSSR count). The Hall–Kier alpha value is -2.63. The van der Waals surface area contributed by atoms with E-state index in [1.165, 1.54) is 5.56 Å². The van der Waals surface area contributed by atoms with Crippen molar-refractivity contribution in [3.8, 4) is 0 Å². The average Bonchev–Trinajstić information content (AvgIpc) is 2.84. The minimum atomic E-state index is 0.285. The van der Waals surface area contributed by atoms with E-state index in [-0.39, 0.29) is 5.95 Å². The minimum absolute atomic E-state index is 0.285. The third-order valence-electron chi connectivity index (χ3n) is 3.08. The van der Waals surface area contributed by atoms with Crippen molar-refractivity contribution in [3.05, 3.63) is 42.2 Å². The molecule has 0 unspecified atom stereocenters. The summed E-state index contributed by atoms with van der Waals surface area (Å²) in [6.45, 7) is 0.770. The van der Waals surface area contributed by atoms with Gasteiger partial charge in [0.05, 0.1) is 11.7 Å². The number of nitrogens with zero attached hydrogens (tertiary/aromatic N) is 4. The number of fused-ring (bicyclic) bond motifs is 1. The molecule has 0 fully saturated rings. The average molecular weight is 268 g/mol. The predicted molar refractivity (Wildman–Crippen MR) is 79.4 cm³/mol. The van der Waals surface area contributed by atoms with Gasteiger partial charge in [0, 0.05) is 25.2 Å². The van der Waals surface area contributed by atoms with Gasteiger partial charge in [-0.2, -0.15) is 10.1 Å². The largest absolute Gasteiger partial charge is 0.369 e. The molecule has 0 spiro atoms. The maximum atomic E-state index is 5.74. The Morgan fingerprint density at radius 1 is 1.25 bits per heavy atom. The number of aryl methyl sites for hydroxylation is 1. The summed E-state index contributed by atoms with van der Waals surface area (Å²) in [4.78, 5) is 8.49. The van der Waals surface area contributed by atoms with E-state index in [0.29, 0.717) is 0 Å². The van der Waals surface area contributed by atoms with E-state index in [9.17, 15) is 0 Å². The van der Waals surface area contributed by atoms with Crippen LogP contribution in [-0.4, -0.2) is 26.3 Å². The maximum absolute atomic E-state index is 5.74. The van der Waals surface area contributed by atoms with E-state index < -0.39 is 0 Å². The van der Waals surface area contributed by atoms with Gasteiger partial charge in [-0.25, -0.2) is 4.98 Å². The SMILES string of the molecule is Cn1cc(CCNc2nc(N)nc3ccccc23)cn1. The Morgan fingerprint density at radius 2 is 2.10 bits per heavy atom. The Labute approximate surface area is 116 Å². The van der Waals surface area contributed by atoms with Crippen LogP contribution in [0, 0.1) is 0 Å². The Morgan fingerprint density at radius 3 is 2.90 bits per heavy atom. The fourth-order valence-corrected chi connectivity index (χ4v) is 2.16. The summed E-state index contributed by atoms with van der Waals surface area (Å²) in [5, 5.41) is 8.45. The van der Waals surface area contributed by atoms with Gasteiger partial charge in [0.15, 0.2) is 0 Å². The van der Waals surface area contributed by atoms with Crippen LogP contribution in [-0.2, 0) is 13.5 Å². The summed E-state index contributed by atoms with van der Waals surface area (Å²) in [6.07, 6.45) is 4.76. The molecule has 6 nitrogen and oxygen atoms in total. The number of hydrogen-bond acceptors (Lipinski definition) is 5. The molecule has 6 heteroatoms. The first-order valence-corrected chi connectivity index (χ1v) is 6.46. The molecule has 0 aliphatic heterocycles. The van der Waals surface area contributed by atoms with Crippen LogP contribution in [0.2, 0.25) is 0 Å². The number of nitrogens with one attached hydrogen (secondary N) is 1. The molecule has 1 aromatic carbocycles. The minimum Gasteiger partial charge on any atom is -0.369 e. The number of rotatable bonds is 4. The highest BCUT2D eigenvalue weighted by molar-refractivity contribution is 5.89. The van der Waals surface area contributed by atoms with Crippen molar-refractivity contribution in [1.82, 2.24) is 19.7 Å². The second-order valence-electron chi connectivity index (χ2n) is 4.65. The van der Waals surface area contributed by atoms with Crippen molar-refractivity contribution in [3.63, 3.8) is 0 Å². The number of hydrogen-bond donors (Lipinski definition) is 2. The number of benzene rings is 1. The Bertz CT molecular complexity index is 733.